The number of aromatic nitrogens is 4. The lowest BCUT2D eigenvalue weighted by atomic mass is 10.3. The van der Waals surface area contributed by atoms with Crippen LogP contribution in [0, 0.1) is 0 Å². The predicted molar refractivity (Wildman–Crippen MR) is 52.0 cm³/mol. The van der Waals surface area contributed by atoms with E-state index >= 15 is 0 Å². The molecule has 2 rings (SSSR count). The summed E-state index contributed by atoms with van der Waals surface area (Å²) >= 11 is 0. The molecule has 0 fully saturated rings. The van der Waals surface area contributed by atoms with Crippen molar-refractivity contribution in [2.24, 2.45) is 0 Å². The molecule has 0 saturated heterocycles. The number of nitrogens with zero attached hydrogens (tertiary/aromatic N) is 4. The number of rotatable bonds is 1. The number of hydrogen-bond acceptors (Lipinski definition) is 4. The Morgan fingerprint density at radius 2 is 1.93 bits per heavy atom. The first-order chi connectivity index (χ1) is 6.70. The Bertz CT molecular complexity index is 517. The van der Waals surface area contributed by atoms with E-state index in [0.717, 1.165) is 5.39 Å². The lowest BCUT2D eigenvalue weighted by Gasteiger charge is -2.07. The zero-order chi connectivity index (χ0) is 10.1. The molecule has 14 heavy (non-hydrogen) atoms. The highest BCUT2D eigenvalue weighted by atomic mass is 16.1. The van der Waals surface area contributed by atoms with E-state index < -0.39 is 0 Å². The molecule has 0 spiro atoms. The van der Waals surface area contributed by atoms with Gasteiger partial charge in [0.05, 0.1) is 30.0 Å². The summed E-state index contributed by atoms with van der Waals surface area (Å²) in [5, 5.41) is 12.7. The maximum Gasteiger partial charge on any atom is 0.276 e. The summed E-state index contributed by atoms with van der Waals surface area (Å²) in [5.74, 6) is 0. The van der Waals surface area contributed by atoms with Crippen molar-refractivity contribution in [1.82, 2.24) is 20.0 Å². The summed E-state index contributed by atoms with van der Waals surface area (Å²) in [5.41, 5.74) is -0.118. The topological polar surface area (TPSA) is 60.7 Å². The zero-order valence-corrected chi connectivity index (χ0v) is 8.01. The molecule has 0 radical (unpaired) electrons. The monoisotopic (exact) mass is 190 g/mol. The lowest BCUT2D eigenvalue weighted by molar-refractivity contribution is 0.507. The maximum atomic E-state index is 11.8. The van der Waals surface area contributed by atoms with Crippen LogP contribution in [0.1, 0.15) is 19.9 Å². The van der Waals surface area contributed by atoms with Gasteiger partial charge in [0.1, 0.15) is 0 Å². The van der Waals surface area contributed by atoms with Crippen LogP contribution in [0.15, 0.2) is 23.4 Å². The molecule has 2 heterocycles. The van der Waals surface area contributed by atoms with Crippen molar-refractivity contribution in [2.45, 2.75) is 19.9 Å². The van der Waals surface area contributed by atoms with Gasteiger partial charge in [-0.15, -0.1) is 0 Å². The summed E-state index contributed by atoms with van der Waals surface area (Å²) < 4.78 is 1.43. The van der Waals surface area contributed by atoms with E-state index in [-0.39, 0.29) is 11.6 Å². The van der Waals surface area contributed by atoms with E-state index in [1.165, 1.54) is 17.1 Å². The van der Waals surface area contributed by atoms with Crippen molar-refractivity contribution in [2.75, 3.05) is 0 Å². The van der Waals surface area contributed by atoms with Crippen molar-refractivity contribution in [3.8, 4) is 0 Å². The van der Waals surface area contributed by atoms with E-state index in [1.807, 2.05) is 13.8 Å². The van der Waals surface area contributed by atoms with E-state index in [4.69, 9.17) is 0 Å². The van der Waals surface area contributed by atoms with Crippen LogP contribution in [0.4, 0.5) is 0 Å². The Morgan fingerprint density at radius 1 is 1.21 bits per heavy atom. The van der Waals surface area contributed by atoms with E-state index in [9.17, 15) is 4.79 Å². The highest BCUT2D eigenvalue weighted by Crippen LogP contribution is 2.05. The molecule has 0 saturated carbocycles. The van der Waals surface area contributed by atoms with Gasteiger partial charge in [-0.2, -0.15) is 15.3 Å². The zero-order valence-electron chi connectivity index (χ0n) is 8.01. The second-order valence-corrected chi connectivity index (χ2v) is 3.35. The van der Waals surface area contributed by atoms with Crippen molar-refractivity contribution in [1.29, 1.82) is 0 Å². The Kier molecular flexibility index (Phi) is 1.99. The molecule has 0 amide bonds. The van der Waals surface area contributed by atoms with Crippen molar-refractivity contribution in [3.05, 3.63) is 28.9 Å². The van der Waals surface area contributed by atoms with E-state index in [0.29, 0.717) is 5.39 Å². The van der Waals surface area contributed by atoms with Crippen molar-refractivity contribution in [3.63, 3.8) is 0 Å². The Balaban J connectivity index is 2.82. The van der Waals surface area contributed by atoms with Crippen LogP contribution >= 0.6 is 0 Å². The molecule has 0 aromatic carbocycles. The average Bonchev–Trinajstić information content (AvgIpc) is 2.18. The molecule has 0 N–H and O–H groups in total. The van der Waals surface area contributed by atoms with Gasteiger partial charge in [-0.05, 0) is 13.8 Å². The van der Waals surface area contributed by atoms with E-state index in [2.05, 4.69) is 15.3 Å². The molecular formula is C9H10N4O. The van der Waals surface area contributed by atoms with Crippen molar-refractivity contribution >= 4 is 10.8 Å². The minimum atomic E-state index is -0.118. The molecular weight excluding hydrogens is 180 g/mol. The standard InChI is InChI=1S/C9H10N4O/c1-6(2)13-9(14)8-5-11-10-3-7(8)4-12-13/h3-6H,1-2H3. The summed E-state index contributed by atoms with van der Waals surface area (Å²) in [7, 11) is 0. The fourth-order valence-electron chi connectivity index (χ4n) is 1.28. The van der Waals surface area contributed by atoms with Gasteiger partial charge in [-0.25, -0.2) is 4.68 Å². The lowest BCUT2D eigenvalue weighted by Crippen LogP contribution is -2.24. The first-order valence-electron chi connectivity index (χ1n) is 4.38. The van der Waals surface area contributed by atoms with Crippen LogP contribution in [-0.2, 0) is 0 Å². The third kappa shape index (κ3) is 1.26. The third-order valence-corrected chi connectivity index (χ3v) is 2.01. The van der Waals surface area contributed by atoms with Crippen LogP contribution in [0.3, 0.4) is 0 Å². The maximum absolute atomic E-state index is 11.8. The summed E-state index contributed by atoms with van der Waals surface area (Å²) in [4.78, 5) is 11.8. The van der Waals surface area contributed by atoms with Gasteiger partial charge in [-0.1, -0.05) is 0 Å². The first kappa shape index (κ1) is 8.80. The Morgan fingerprint density at radius 3 is 2.64 bits per heavy atom. The summed E-state index contributed by atoms with van der Waals surface area (Å²) in [6.07, 6.45) is 4.64. The minimum Gasteiger partial charge on any atom is -0.267 e. The molecule has 0 aliphatic heterocycles. The number of fused-ring (bicyclic) bond motifs is 1. The molecule has 2 aromatic rings. The van der Waals surface area contributed by atoms with Crippen molar-refractivity contribution < 1.29 is 0 Å². The molecule has 0 aliphatic carbocycles. The smallest absolute Gasteiger partial charge is 0.267 e. The molecule has 72 valence electrons. The first-order valence-corrected chi connectivity index (χ1v) is 4.38. The van der Waals surface area contributed by atoms with Crippen LogP contribution in [0.25, 0.3) is 10.8 Å². The molecule has 0 unspecified atom stereocenters. The van der Waals surface area contributed by atoms with Gasteiger partial charge in [0.15, 0.2) is 0 Å². The molecule has 2 aromatic heterocycles. The molecule has 0 atom stereocenters. The van der Waals surface area contributed by atoms with E-state index in [1.54, 1.807) is 6.20 Å². The van der Waals surface area contributed by atoms with Crippen LogP contribution in [-0.4, -0.2) is 20.0 Å². The van der Waals surface area contributed by atoms with Crippen LogP contribution in [0.5, 0.6) is 0 Å². The molecule has 5 heteroatoms. The highest BCUT2D eigenvalue weighted by molar-refractivity contribution is 5.78. The summed E-state index contributed by atoms with van der Waals surface area (Å²) in [6, 6.07) is 0.0556. The fraction of sp³-hybridized carbons (Fsp3) is 0.333. The Hall–Kier alpha value is -1.78. The van der Waals surface area contributed by atoms with Crippen LogP contribution < -0.4 is 5.56 Å². The number of hydrogen-bond donors (Lipinski definition) is 0. The second kappa shape index (κ2) is 3.17. The summed E-state index contributed by atoms with van der Waals surface area (Å²) in [6.45, 7) is 3.82. The van der Waals surface area contributed by atoms with Gasteiger partial charge in [-0.3, -0.25) is 4.79 Å². The normalized spacial score (nSPS) is 11.1. The predicted octanol–water partition coefficient (Wildman–Crippen LogP) is 0.767. The quantitative estimate of drug-likeness (QED) is 0.666. The Labute approximate surface area is 80.4 Å². The largest absolute Gasteiger partial charge is 0.276 e. The second-order valence-electron chi connectivity index (χ2n) is 3.35. The third-order valence-electron chi connectivity index (χ3n) is 2.01. The van der Waals surface area contributed by atoms with Gasteiger partial charge >= 0.3 is 0 Å². The van der Waals surface area contributed by atoms with Gasteiger partial charge in [0.25, 0.3) is 5.56 Å². The highest BCUT2D eigenvalue weighted by Gasteiger charge is 2.06. The SMILES string of the molecule is CC(C)n1ncc2cnncc2c1=O. The van der Waals surface area contributed by atoms with Gasteiger partial charge in [0.2, 0.25) is 0 Å². The fourth-order valence-corrected chi connectivity index (χ4v) is 1.28. The van der Waals surface area contributed by atoms with Gasteiger partial charge in [0, 0.05) is 5.39 Å². The average molecular weight is 190 g/mol. The van der Waals surface area contributed by atoms with Crippen LogP contribution in [0.2, 0.25) is 0 Å². The molecule has 5 nitrogen and oxygen atoms in total. The van der Waals surface area contributed by atoms with Gasteiger partial charge < -0.3 is 0 Å². The molecule has 0 bridgehead atoms. The minimum absolute atomic E-state index is 0.0556. The molecule has 0 aliphatic rings.